The van der Waals surface area contributed by atoms with Crippen LogP contribution in [0.25, 0.3) is 0 Å². The van der Waals surface area contributed by atoms with Crippen LogP contribution >= 0.6 is 0 Å². The second kappa shape index (κ2) is 13.7. The molecule has 3 aromatic rings. The fourth-order valence-corrected chi connectivity index (χ4v) is 4.45. The molecular formula is C31H41N3O5. The summed E-state index contributed by atoms with van der Waals surface area (Å²) in [7, 11) is 4.74. The van der Waals surface area contributed by atoms with Gasteiger partial charge in [0.25, 0.3) is 5.91 Å². The van der Waals surface area contributed by atoms with Gasteiger partial charge >= 0.3 is 0 Å². The first-order chi connectivity index (χ1) is 18.7. The molecule has 0 aliphatic carbocycles. The zero-order chi connectivity index (χ0) is 28.5. The average molecular weight is 536 g/mol. The molecule has 1 aromatic heterocycles. The number of ether oxygens (including phenoxy) is 3. The lowest BCUT2D eigenvalue weighted by Crippen LogP contribution is -2.48. The molecule has 1 unspecified atom stereocenters. The molecule has 0 spiro atoms. The van der Waals surface area contributed by atoms with Crippen LogP contribution in [0.5, 0.6) is 17.2 Å². The highest BCUT2D eigenvalue weighted by molar-refractivity contribution is 5.99. The maximum atomic E-state index is 13.8. The van der Waals surface area contributed by atoms with Gasteiger partial charge in [-0.25, -0.2) is 0 Å². The molecule has 0 N–H and O–H groups in total. The molecule has 2 aromatic carbocycles. The Balaban J connectivity index is 1.83. The maximum absolute atomic E-state index is 13.8. The van der Waals surface area contributed by atoms with Crippen molar-refractivity contribution in [1.82, 2.24) is 14.4 Å². The van der Waals surface area contributed by atoms with Gasteiger partial charge in [-0.2, -0.15) is 0 Å². The van der Waals surface area contributed by atoms with Gasteiger partial charge in [0.05, 0.1) is 33.4 Å². The van der Waals surface area contributed by atoms with Gasteiger partial charge < -0.3 is 28.6 Å². The van der Waals surface area contributed by atoms with Crippen LogP contribution in [-0.4, -0.2) is 66.1 Å². The van der Waals surface area contributed by atoms with Crippen LogP contribution in [0.4, 0.5) is 0 Å². The summed E-state index contributed by atoms with van der Waals surface area (Å²) in [6.07, 6.45) is 2.82. The molecule has 210 valence electrons. The minimum absolute atomic E-state index is 0.00249. The van der Waals surface area contributed by atoms with E-state index in [-0.39, 0.29) is 30.4 Å². The zero-order valence-corrected chi connectivity index (χ0v) is 24.1. The number of carbonyl (C=O) groups is 2. The normalized spacial score (nSPS) is 11.7. The number of methoxy groups -OCH3 is 3. The van der Waals surface area contributed by atoms with E-state index in [0.29, 0.717) is 30.2 Å². The zero-order valence-electron chi connectivity index (χ0n) is 24.1. The molecule has 39 heavy (non-hydrogen) atoms. The molecule has 8 heteroatoms. The number of benzene rings is 2. The van der Waals surface area contributed by atoms with Gasteiger partial charge in [0.15, 0.2) is 0 Å². The van der Waals surface area contributed by atoms with Crippen LogP contribution in [-0.2, 0) is 17.9 Å². The number of hydrogen-bond acceptors (Lipinski definition) is 5. The van der Waals surface area contributed by atoms with Crippen LogP contribution in [0.2, 0.25) is 0 Å². The van der Waals surface area contributed by atoms with E-state index in [1.165, 1.54) is 7.11 Å². The molecule has 0 saturated heterocycles. The molecule has 1 heterocycles. The van der Waals surface area contributed by atoms with Crippen LogP contribution in [0, 0.1) is 0 Å². The van der Waals surface area contributed by atoms with Crippen molar-refractivity contribution in [2.75, 3.05) is 27.9 Å². The Labute approximate surface area is 232 Å². The second-order valence-corrected chi connectivity index (χ2v) is 9.85. The van der Waals surface area contributed by atoms with E-state index in [9.17, 15) is 9.59 Å². The summed E-state index contributed by atoms with van der Waals surface area (Å²) in [6.45, 7) is 9.00. The van der Waals surface area contributed by atoms with Crippen molar-refractivity contribution < 1.29 is 23.8 Å². The minimum atomic E-state index is -0.261. The first kappa shape index (κ1) is 29.6. The van der Waals surface area contributed by atoms with Crippen molar-refractivity contribution in [3.05, 3.63) is 77.6 Å². The molecule has 0 aliphatic rings. The lowest BCUT2D eigenvalue weighted by molar-refractivity contribution is -0.135. The highest BCUT2D eigenvalue weighted by Crippen LogP contribution is 2.27. The Bertz CT molecular complexity index is 1250. The van der Waals surface area contributed by atoms with Crippen LogP contribution in [0.3, 0.4) is 0 Å². The topological polar surface area (TPSA) is 73.2 Å². The molecular weight excluding hydrogens is 494 g/mol. The summed E-state index contributed by atoms with van der Waals surface area (Å²) in [5, 5.41) is 0. The summed E-state index contributed by atoms with van der Waals surface area (Å²) in [4.78, 5) is 30.9. The lowest BCUT2D eigenvalue weighted by Gasteiger charge is -2.33. The van der Waals surface area contributed by atoms with Crippen molar-refractivity contribution in [2.45, 2.75) is 59.3 Å². The van der Waals surface area contributed by atoms with Crippen molar-refractivity contribution >= 4 is 11.8 Å². The minimum Gasteiger partial charge on any atom is -0.497 e. The number of aromatic nitrogens is 1. The summed E-state index contributed by atoms with van der Waals surface area (Å²) < 4.78 is 18.2. The van der Waals surface area contributed by atoms with Crippen LogP contribution < -0.4 is 14.2 Å². The number of carbonyl (C=O) groups excluding carboxylic acids is 2. The summed E-state index contributed by atoms with van der Waals surface area (Å²) in [5.41, 5.74) is 2.52. The molecule has 0 bridgehead atoms. The fraction of sp³-hybridized carbons (Fsp3) is 0.419. The quantitative estimate of drug-likeness (QED) is 0.299. The van der Waals surface area contributed by atoms with Gasteiger partial charge in [-0.05, 0) is 69.2 Å². The van der Waals surface area contributed by atoms with Gasteiger partial charge in [0.2, 0.25) is 5.91 Å². The van der Waals surface area contributed by atoms with Gasteiger partial charge in [0, 0.05) is 36.6 Å². The monoisotopic (exact) mass is 535 g/mol. The molecule has 3 rings (SSSR count). The molecule has 0 saturated carbocycles. The molecule has 1 atom stereocenters. The van der Waals surface area contributed by atoms with Gasteiger partial charge in [-0.1, -0.05) is 19.1 Å². The van der Waals surface area contributed by atoms with Crippen molar-refractivity contribution in [2.24, 2.45) is 0 Å². The van der Waals surface area contributed by atoms with Gasteiger partial charge in [-0.3, -0.25) is 9.59 Å². The Kier molecular flexibility index (Phi) is 10.4. The third-order valence-electron chi connectivity index (χ3n) is 7.02. The molecule has 2 amide bonds. The van der Waals surface area contributed by atoms with Crippen molar-refractivity contribution in [1.29, 1.82) is 0 Å². The second-order valence-electron chi connectivity index (χ2n) is 9.85. The smallest absolute Gasteiger partial charge is 0.258 e. The molecule has 0 aliphatic heterocycles. The fourth-order valence-electron chi connectivity index (χ4n) is 4.45. The predicted octanol–water partition coefficient (Wildman–Crippen LogP) is 5.24. The Morgan fingerprint density at radius 3 is 2.23 bits per heavy atom. The lowest BCUT2D eigenvalue weighted by atomic mass is 10.1. The highest BCUT2D eigenvalue weighted by atomic mass is 16.5. The summed E-state index contributed by atoms with van der Waals surface area (Å²) in [6, 6.07) is 16.9. The number of amides is 2. The molecule has 8 nitrogen and oxygen atoms in total. The van der Waals surface area contributed by atoms with E-state index >= 15 is 0 Å². The SMILES string of the molecule is CCC(C)N(Cc1cccn1Cc1cccc(OC)c1)C(=O)CN(C(=O)c1ccc(OC)cc1OC)C(C)C. The van der Waals surface area contributed by atoms with Crippen LogP contribution in [0.1, 0.15) is 55.7 Å². The molecule has 0 fully saturated rings. The van der Waals surface area contributed by atoms with Crippen molar-refractivity contribution in [3.8, 4) is 17.2 Å². The number of rotatable bonds is 13. The average Bonchev–Trinajstić information content (AvgIpc) is 3.39. The van der Waals surface area contributed by atoms with Crippen LogP contribution in [0.15, 0.2) is 60.8 Å². The predicted molar refractivity (Wildman–Crippen MR) is 153 cm³/mol. The maximum Gasteiger partial charge on any atom is 0.258 e. The Morgan fingerprint density at radius 2 is 1.59 bits per heavy atom. The Hall–Kier alpha value is -3.94. The molecule has 0 radical (unpaired) electrons. The van der Waals surface area contributed by atoms with Gasteiger partial charge in [-0.15, -0.1) is 0 Å². The van der Waals surface area contributed by atoms with E-state index in [0.717, 1.165) is 23.4 Å². The third kappa shape index (κ3) is 7.34. The third-order valence-corrected chi connectivity index (χ3v) is 7.02. The van der Waals surface area contributed by atoms with E-state index in [4.69, 9.17) is 14.2 Å². The van der Waals surface area contributed by atoms with Gasteiger partial charge in [0.1, 0.15) is 23.8 Å². The van der Waals surface area contributed by atoms with E-state index in [1.807, 2.05) is 62.2 Å². The van der Waals surface area contributed by atoms with E-state index in [2.05, 4.69) is 17.6 Å². The first-order valence-electron chi connectivity index (χ1n) is 13.3. The van der Waals surface area contributed by atoms with Crippen molar-refractivity contribution in [3.63, 3.8) is 0 Å². The Morgan fingerprint density at radius 1 is 0.872 bits per heavy atom. The summed E-state index contributed by atoms with van der Waals surface area (Å²) >= 11 is 0. The largest absolute Gasteiger partial charge is 0.497 e. The number of nitrogens with zero attached hydrogens (tertiary/aromatic N) is 3. The number of hydrogen-bond donors (Lipinski definition) is 0. The standard InChI is InChI=1S/C31H41N3O5/c1-8-23(4)34(20-25-12-10-16-32(25)19-24-11-9-13-26(17-24)37-5)30(35)21-33(22(2)3)31(36)28-15-14-27(38-6)18-29(28)39-7/h9-18,22-23H,8,19-21H2,1-7H3. The highest BCUT2D eigenvalue weighted by Gasteiger charge is 2.28. The first-order valence-corrected chi connectivity index (χ1v) is 13.3. The van der Waals surface area contributed by atoms with E-state index < -0.39 is 0 Å². The van der Waals surface area contributed by atoms with E-state index in [1.54, 1.807) is 37.3 Å². The summed E-state index contributed by atoms with van der Waals surface area (Å²) in [5.74, 6) is 1.45.